The molecule has 18 heavy (non-hydrogen) atoms. The van der Waals surface area contributed by atoms with Crippen LogP contribution in [0.3, 0.4) is 0 Å². The van der Waals surface area contributed by atoms with Gasteiger partial charge in [0.05, 0.1) is 11.1 Å². The molecule has 0 saturated heterocycles. The number of nitrogens with two attached hydrogens (primary N) is 1. The van der Waals surface area contributed by atoms with Gasteiger partial charge in [0.2, 0.25) is 0 Å². The molecule has 98 valence electrons. The van der Waals surface area contributed by atoms with Crippen LogP contribution in [0.15, 0.2) is 23.4 Å². The second-order valence-corrected chi connectivity index (χ2v) is 5.16. The average Bonchev–Trinajstić information content (AvgIpc) is 2.37. The van der Waals surface area contributed by atoms with Gasteiger partial charge >= 0.3 is 0 Å². The Bertz CT molecular complexity index is 479. The third kappa shape index (κ3) is 3.74. The first-order valence-electron chi connectivity index (χ1n) is 5.23. The molecule has 1 rings (SSSR count). The molecule has 0 aliphatic rings. The molecular formula is C11H13ClIN3O2. The van der Waals surface area contributed by atoms with Crippen LogP contribution >= 0.6 is 34.2 Å². The summed E-state index contributed by atoms with van der Waals surface area (Å²) in [5.74, 6) is -0.339. The Labute approximate surface area is 124 Å². The SMILES string of the molecule is CCC(NC(=O)c1ccc(I)c(Cl)c1)/C(N)=N/O. The van der Waals surface area contributed by atoms with Crippen molar-refractivity contribution in [1.29, 1.82) is 0 Å². The van der Waals surface area contributed by atoms with Crippen LogP contribution in [0.25, 0.3) is 0 Å². The van der Waals surface area contributed by atoms with Crippen molar-refractivity contribution in [3.05, 3.63) is 32.4 Å². The van der Waals surface area contributed by atoms with E-state index in [4.69, 9.17) is 22.5 Å². The lowest BCUT2D eigenvalue weighted by atomic mass is 10.1. The van der Waals surface area contributed by atoms with E-state index in [1.165, 1.54) is 0 Å². The normalized spacial score (nSPS) is 13.2. The van der Waals surface area contributed by atoms with E-state index in [-0.39, 0.29) is 11.7 Å². The van der Waals surface area contributed by atoms with Gasteiger partial charge in [-0.25, -0.2) is 0 Å². The molecular weight excluding hydrogens is 368 g/mol. The number of oxime groups is 1. The molecule has 0 aliphatic carbocycles. The fourth-order valence-corrected chi connectivity index (χ4v) is 1.85. The number of nitrogens with zero attached hydrogens (tertiary/aromatic N) is 1. The second-order valence-electron chi connectivity index (χ2n) is 3.59. The Morgan fingerprint density at radius 1 is 1.67 bits per heavy atom. The zero-order valence-electron chi connectivity index (χ0n) is 9.65. The summed E-state index contributed by atoms with van der Waals surface area (Å²) < 4.78 is 0.870. The molecule has 4 N–H and O–H groups in total. The van der Waals surface area contributed by atoms with Crippen molar-refractivity contribution < 1.29 is 10.0 Å². The number of rotatable bonds is 4. The minimum Gasteiger partial charge on any atom is -0.409 e. The van der Waals surface area contributed by atoms with E-state index in [0.717, 1.165) is 3.57 Å². The minimum absolute atomic E-state index is 0.0255. The molecule has 0 aliphatic heterocycles. The second kappa shape index (κ2) is 6.79. The van der Waals surface area contributed by atoms with E-state index in [2.05, 4.69) is 33.1 Å². The van der Waals surface area contributed by atoms with Gasteiger partial charge in [0.25, 0.3) is 5.91 Å². The topological polar surface area (TPSA) is 87.7 Å². The van der Waals surface area contributed by atoms with Crippen molar-refractivity contribution in [2.75, 3.05) is 0 Å². The molecule has 0 fully saturated rings. The van der Waals surface area contributed by atoms with Crippen LogP contribution in [0.1, 0.15) is 23.7 Å². The van der Waals surface area contributed by atoms with E-state index >= 15 is 0 Å². The molecule has 7 heteroatoms. The maximum atomic E-state index is 11.9. The molecule has 0 heterocycles. The van der Waals surface area contributed by atoms with E-state index in [0.29, 0.717) is 17.0 Å². The third-order valence-electron chi connectivity index (χ3n) is 2.37. The van der Waals surface area contributed by atoms with Gasteiger partial charge in [-0.3, -0.25) is 4.79 Å². The lowest BCUT2D eigenvalue weighted by Crippen LogP contribution is -2.44. The number of carbonyl (C=O) groups excluding carboxylic acids is 1. The van der Waals surface area contributed by atoms with Gasteiger partial charge in [-0.1, -0.05) is 23.7 Å². The minimum atomic E-state index is -0.499. The van der Waals surface area contributed by atoms with Crippen LogP contribution < -0.4 is 11.1 Å². The van der Waals surface area contributed by atoms with Crippen molar-refractivity contribution in [3.63, 3.8) is 0 Å². The predicted octanol–water partition coefficient (Wildman–Crippen LogP) is 2.20. The number of amidine groups is 1. The average molecular weight is 382 g/mol. The number of hydrogen-bond acceptors (Lipinski definition) is 3. The summed E-state index contributed by atoms with van der Waals surface area (Å²) in [6.07, 6.45) is 0.528. The first-order valence-corrected chi connectivity index (χ1v) is 6.68. The van der Waals surface area contributed by atoms with Crippen molar-refractivity contribution in [3.8, 4) is 0 Å². The molecule has 0 aromatic heterocycles. The zero-order valence-corrected chi connectivity index (χ0v) is 12.6. The number of hydrogen-bond donors (Lipinski definition) is 3. The third-order valence-corrected chi connectivity index (χ3v) is 3.94. The Balaban J connectivity index is 2.84. The van der Waals surface area contributed by atoms with E-state index < -0.39 is 6.04 Å². The van der Waals surface area contributed by atoms with Crippen molar-refractivity contribution in [1.82, 2.24) is 5.32 Å². The fraction of sp³-hybridized carbons (Fsp3) is 0.273. The molecule has 0 radical (unpaired) electrons. The highest BCUT2D eigenvalue weighted by atomic mass is 127. The van der Waals surface area contributed by atoms with Crippen LogP contribution in [0, 0.1) is 3.57 Å². The molecule has 1 aromatic carbocycles. The molecule has 1 atom stereocenters. The molecule has 0 bridgehead atoms. The molecule has 1 amide bonds. The van der Waals surface area contributed by atoms with Crippen molar-refractivity contribution >= 4 is 45.9 Å². The Kier molecular flexibility index (Phi) is 5.67. The van der Waals surface area contributed by atoms with Gasteiger partial charge in [0.1, 0.15) is 0 Å². The van der Waals surface area contributed by atoms with Gasteiger partial charge in [-0.2, -0.15) is 0 Å². The first kappa shape index (κ1) is 15.0. The number of nitrogens with one attached hydrogen (secondary N) is 1. The number of amides is 1. The summed E-state index contributed by atoms with van der Waals surface area (Å²) in [6, 6.07) is 4.50. The molecule has 5 nitrogen and oxygen atoms in total. The molecule has 1 aromatic rings. The smallest absolute Gasteiger partial charge is 0.251 e. The lowest BCUT2D eigenvalue weighted by molar-refractivity contribution is 0.0945. The van der Waals surface area contributed by atoms with Crippen LogP contribution in [0.5, 0.6) is 0 Å². The van der Waals surface area contributed by atoms with Gasteiger partial charge in [0, 0.05) is 9.13 Å². The maximum Gasteiger partial charge on any atom is 0.251 e. The van der Waals surface area contributed by atoms with Crippen LogP contribution in [-0.4, -0.2) is 23.0 Å². The quantitative estimate of drug-likeness (QED) is 0.246. The maximum absolute atomic E-state index is 11.9. The molecule has 0 saturated carbocycles. The lowest BCUT2D eigenvalue weighted by Gasteiger charge is -2.15. The number of benzene rings is 1. The van der Waals surface area contributed by atoms with E-state index in [1.807, 2.05) is 6.92 Å². The van der Waals surface area contributed by atoms with E-state index in [9.17, 15) is 4.79 Å². The van der Waals surface area contributed by atoms with Gasteiger partial charge in [0.15, 0.2) is 5.84 Å². The highest BCUT2D eigenvalue weighted by Crippen LogP contribution is 2.19. The summed E-state index contributed by atoms with van der Waals surface area (Å²) in [5.41, 5.74) is 5.90. The summed E-state index contributed by atoms with van der Waals surface area (Å²) in [4.78, 5) is 11.9. The van der Waals surface area contributed by atoms with Crippen LogP contribution in [-0.2, 0) is 0 Å². The standard InChI is InChI=1S/C11H13ClIN3O2/c1-2-9(10(14)16-18)15-11(17)6-3-4-8(13)7(12)5-6/h3-5,9,18H,2H2,1H3,(H2,14,16)(H,15,17). The summed E-state index contributed by atoms with van der Waals surface area (Å²) in [5, 5.41) is 14.7. The zero-order chi connectivity index (χ0) is 13.7. The van der Waals surface area contributed by atoms with Crippen molar-refractivity contribution in [2.45, 2.75) is 19.4 Å². The van der Waals surface area contributed by atoms with E-state index in [1.54, 1.807) is 18.2 Å². The largest absolute Gasteiger partial charge is 0.409 e. The highest BCUT2D eigenvalue weighted by molar-refractivity contribution is 14.1. The Morgan fingerprint density at radius 3 is 2.83 bits per heavy atom. The predicted molar refractivity (Wildman–Crippen MR) is 79.1 cm³/mol. The summed E-state index contributed by atoms with van der Waals surface area (Å²) in [7, 11) is 0. The van der Waals surface area contributed by atoms with Gasteiger partial charge < -0.3 is 16.3 Å². The number of halogens is 2. The summed E-state index contributed by atoms with van der Waals surface area (Å²) >= 11 is 8.02. The van der Waals surface area contributed by atoms with Crippen LogP contribution in [0.2, 0.25) is 5.02 Å². The van der Waals surface area contributed by atoms with Gasteiger partial charge in [-0.15, -0.1) is 0 Å². The highest BCUT2D eigenvalue weighted by Gasteiger charge is 2.16. The summed E-state index contributed by atoms with van der Waals surface area (Å²) in [6.45, 7) is 1.82. The molecule has 0 spiro atoms. The first-order chi connectivity index (χ1) is 8.49. The Hall–Kier alpha value is -1.02. The van der Waals surface area contributed by atoms with Crippen molar-refractivity contribution in [2.24, 2.45) is 10.9 Å². The fourth-order valence-electron chi connectivity index (χ4n) is 1.33. The molecule has 1 unspecified atom stereocenters. The Morgan fingerprint density at radius 2 is 2.33 bits per heavy atom. The number of carbonyl (C=O) groups is 1. The monoisotopic (exact) mass is 381 g/mol. The van der Waals surface area contributed by atoms with Crippen LogP contribution in [0.4, 0.5) is 0 Å². The van der Waals surface area contributed by atoms with Gasteiger partial charge in [-0.05, 0) is 47.2 Å².